The second-order valence-corrected chi connectivity index (χ2v) is 16.4. The van der Waals surface area contributed by atoms with Crippen LogP contribution in [0.25, 0.3) is 16.1 Å². The summed E-state index contributed by atoms with van der Waals surface area (Å²) in [6, 6.07) is 17.3. The Balaban J connectivity index is 0.692. The highest BCUT2D eigenvalue weighted by atomic mass is 35.5. The molecule has 1 aliphatic heterocycles. The van der Waals surface area contributed by atoms with Gasteiger partial charge in [-0.15, -0.1) is 21.5 Å². The standard InChI is InChI=1S/C45H52ClN7O7S/c1-29-30(2)61-45-42(29)43(32-6-9-37(46)10-7-32)50-39(44-52-51-31(3)53(44)45)27-41(55)48-13-15-57-17-19-59-21-23-60-22-20-58-18-16-56-14-12-47-40-11-8-35(28-49-40)33-4-5-34-25-38(54)26-36(34)24-33/h4-11,24,28,39H,12-23,25-27H2,1-3H3,(H,47,49)(H,48,55)/t39-/m0/s1. The Morgan fingerprint density at radius 3 is 2.07 bits per heavy atom. The van der Waals surface area contributed by atoms with Gasteiger partial charge in [0.25, 0.3) is 0 Å². The number of nitrogens with zero attached hydrogens (tertiary/aromatic N) is 5. The number of aliphatic imine (C=N–C) groups is 1. The molecule has 0 unspecified atom stereocenters. The van der Waals surface area contributed by atoms with Gasteiger partial charge in [-0.05, 0) is 67.3 Å². The van der Waals surface area contributed by atoms with E-state index in [1.54, 1.807) is 11.3 Å². The average molecular weight is 870 g/mol. The number of thiophene rings is 1. The number of Topliss-reactive ketones (excluding diaryl/α,β-unsaturated/α-hetero) is 1. The Hall–Kier alpha value is -4.87. The summed E-state index contributed by atoms with van der Waals surface area (Å²) in [5.41, 5.74) is 8.25. The molecule has 1 aliphatic carbocycles. The molecule has 322 valence electrons. The molecule has 0 saturated heterocycles. The van der Waals surface area contributed by atoms with Crippen molar-refractivity contribution in [3.8, 4) is 16.1 Å². The molecule has 2 aliphatic rings. The van der Waals surface area contributed by atoms with Crippen LogP contribution >= 0.6 is 22.9 Å². The number of fused-ring (bicyclic) bond motifs is 4. The number of amides is 1. The van der Waals surface area contributed by atoms with Crippen molar-refractivity contribution in [3.63, 3.8) is 0 Å². The molecule has 61 heavy (non-hydrogen) atoms. The fourth-order valence-electron chi connectivity index (χ4n) is 7.17. The third-order valence-electron chi connectivity index (χ3n) is 10.4. The highest BCUT2D eigenvalue weighted by molar-refractivity contribution is 7.15. The number of hydrogen-bond donors (Lipinski definition) is 2. The maximum atomic E-state index is 13.2. The largest absolute Gasteiger partial charge is 0.377 e. The Labute approximate surface area is 365 Å². The van der Waals surface area contributed by atoms with Gasteiger partial charge in [0.15, 0.2) is 5.82 Å². The Morgan fingerprint density at radius 1 is 0.770 bits per heavy atom. The first kappa shape index (κ1) is 44.2. The minimum atomic E-state index is -0.533. The van der Waals surface area contributed by atoms with Crippen LogP contribution in [0.4, 0.5) is 5.82 Å². The van der Waals surface area contributed by atoms with Gasteiger partial charge < -0.3 is 34.3 Å². The van der Waals surface area contributed by atoms with Gasteiger partial charge in [0.05, 0.1) is 78.2 Å². The van der Waals surface area contributed by atoms with E-state index in [1.807, 2.05) is 60.2 Å². The monoisotopic (exact) mass is 869 g/mol. The van der Waals surface area contributed by atoms with Crippen LogP contribution in [0.5, 0.6) is 0 Å². The number of rotatable bonds is 23. The van der Waals surface area contributed by atoms with Crippen LogP contribution in [-0.2, 0) is 46.1 Å². The first-order valence-corrected chi connectivity index (χ1v) is 21.8. The number of anilines is 1. The van der Waals surface area contributed by atoms with Crippen LogP contribution < -0.4 is 10.6 Å². The molecule has 2 aromatic carbocycles. The predicted octanol–water partition coefficient (Wildman–Crippen LogP) is 6.23. The van der Waals surface area contributed by atoms with Crippen LogP contribution in [-0.4, -0.2) is 116 Å². The predicted molar refractivity (Wildman–Crippen MR) is 236 cm³/mol. The summed E-state index contributed by atoms with van der Waals surface area (Å²) >= 11 is 7.89. The molecule has 0 radical (unpaired) electrons. The molecular formula is C45H52ClN7O7S. The number of pyridine rings is 1. The van der Waals surface area contributed by atoms with Gasteiger partial charge in [0.2, 0.25) is 5.91 Å². The zero-order valence-corrected chi connectivity index (χ0v) is 36.4. The first-order chi connectivity index (χ1) is 29.7. The Morgan fingerprint density at radius 2 is 1.39 bits per heavy atom. The number of carbonyl (C=O) groups excluding carboxylic acids is 2. The van der Waals surface area contributed by atoms with E-state index in [0.717, 1.165) is 61.3 Å². The van der Waals surface area contributed by atoms with Crippen molar-refractivity contribution in [1.29, 1.82) is 0 Å². The molecule has 1 amide bonds. The number of aryl methyl sites for hydroxylation is 2. The van der Waals surface area contributed by atoms with E-state index in [9.17, 15) is 9.59 Å². The maximum Gasteiger partial charge on any atom is 0.222 e. The number of ketones is 1. The van der Waals surface area contributed by atoms with Crippen LogP contribution in [0, 0.1) is 20.8 Å². The summed E-state index contributed by atoms with van der Waals surface area (Å²) in [6.45, 7) is 11.6. The molecule has 0 spiro atoms. The lowest BCUT2D eigenvalue weighted by Crippen LogP contribution is -2.29. The Bertz CT molecular complexity index is 2300. The lowest BCUT2D eigenvalue weighted by atomic mass is 9.99. The van der Waals surface area contributed by atoms with Gasteiger partial charge in [-0.2, -0.15) is 0 Å². The summed E-state index contributed by atoms with van der Waals surface area (Å²) in [5.74, 6) is 2.29. The number of hydrogen-bond acceptors (Lipinski definition) is 13. The van der Waals surface area contributed by atoms with Gasteiger partial charge in [-0.3, -0.25) is 19.1 Å². The van der Waals surface area contributed by atoms with E-state index < -0.39 is 6.04 Å². The van der Waals surface area contributed by atoms with Crippen molar-refractivity contribution >= 4 is 46.2 Å². The lowest BCUT2D eigenvalue weighted by molar-refractivity contribution is -0.121. The van der Waals surface area contributed by atoms with Gasteiger partial charge in [0, 0.05) is 58.7 Å². The minimum absolute atomic E-state index is 0.112. The van der Waals surface area contributed by atoms with E-state index in [2.05, 4.69) is 51.8 Å². The molecule has 2 N–H and O–H groups in total. The van der Waals surface area contributed by atoms with Crippen molar-refractivity contribution in [2.45, 2.75) is 46.1 Å². The van der Waals surface area contributed by atoms with E-state index >= 15 is 0 Å². The second-order valence-electron chi connectivity index (χ2n) is 14.8. The van der Waals surface area contributed by atoms with E-state index in [0.29, 0.717) is 103 Å². The third-order valence-corrected chi connectivity index (χ3v) is 11.9. The number of nitrogens with one attached hydrogen (secondary N) is 2. The fourth-order valence-corrected chi connectivity index (χ4v) is 8.51. The van der Waals surface area contributed by atoms with Gasteiger partial charge in [0.1, 0.15) is 28.5 Å². The molecule has 0 bridgehead atoms. The minimum Gasteiger partial charge on any atom is -0.377 e. The summed E-state index contributed by atoms with van der Waals surface area (Å²) in [6.07, 6.45) is 3.02. The molecular weight excluding hydrogens is 818 g/mol. The topological polar surface area (TPSA) is 160 Å². The third kappa shape index (κ3) is 11.7. The number of aromatic nitrogens is 4. The zero-order valence-electron chi connectivity index (χ0n) is 34.8. The number of carbonyl (C=O) groups is 2. The quantitative estimate of drug-likeness (QED) is 0.0717. The van der Waals surface area contributed by atoms with Crippen LogP contribution in [0.3, 0.4) is 0 Å². The average Bonchev–Trinajstić information content (AvgIpc) is 3.90. The van der Waals surface area contributed by atoms with Crippen LogP contribution in [0.15, 0.2) is 65.8 Å². The van der Waals surface area contributed by atoms with Crippen LogP contribution in [0.1, 0.15) is 56.8 Å². The van der Waals surface area contributed by atoms with Crippen molar-refractivity contribution in [1.82, 2.24) is 25.1 Å². The SMILES string of the molecule is Cc1sc2c(c1C)C(c1ccc(Cl)cc1)=N[C@@H](CC(=O)NCCOCCOCCOCCOCCOCCNc1ccc(-c3ccc4c(c3)CC(=O)C4)cn1)c1nnc(C)n1-2. The first-order valence-electron chi connectivity index (χ1n) is 20.6. The number of ether oxygens (including phenoxy) is 5. The van der Waals surface area contributed by atoms with E-state index in [1.165, 1.54) is 4.88 Å². The summed E-state index contributed by atoms with van der Waals surface area (Å²) in [5, 5.41) is 16.7. The van der Waals surface area contributed by atoms with Gasteiger partial charge in [-0.25, -0.2) is 4.98 Å². The highest BCUT2D eigenvalue weighted by Crippen LogP contribution is 2.39. The van der Waals surface area contributed by atoms with Crippen molar-refractivity contribution < 1.29 is 33.3 Å². The maximum absolute atomic E-state index is 13.2. The Kier molecular flexibility index (Phi) is 15.8. The number of benzene rings is 2. The second kappa shape index (κ2) is 21.8. The normalized spacial score (nSPS) is 14.3. The van der Waals surface area contributed by atoms with Crippen LogP contribution in [0.2, 0.25) is 5.02 Å². The molecule has 0 fully saturated rings. The molecule has 7 rings (SSSR count). The van der Waals surface area contributed by atoms with E-state index in [-0.39, 0.29) is 18.1 Å². The molecule has 16 heteroatoms. The summed E-state index contributed by atoms with van der Waals surface area (Å²) in [4.78, 5) is 35.8. The molecule has 14 nitrogen and oxygen atoms in total. The van der Waals surface area contributed by atoms with Gasteiger partial charge >= 0.3 is 0 Å². The lowest BCUT2D eigenvalue weighted by Gasteiger charge is -2.13. The molecule has 1 atom stereocenters. The molecule has 0 saturated carbocycles. The smallest absolute Gasteiger partial charge is 0.222 e. The highest BCUT2D eigenvalue weighted by Gasteiger charge is 2.32. The van der Waals surface area contributed by atoms with Crippen molar-refractivity contribution in [3.05, 3.63) is 110 Å². The zero-order chi connectivity index (χ0) is 42.6. The molecule has 4 heterocycles. The van der Waals surface area contributed by atoms with E-state index in [4.69, 9.17) is 40.3 Å². The number of halogens is 1. The fraction of sp³-hybridized carbons (Fsp3) is 0.422. The molecule has 3 aromatic heterocycles. The van der Waals surface area contributed by atoms with Gasteiger partial charge in [-0.1, -0.05) is 41.9 Å². The molecule has 5 aromatic rings. The van der Waals surface area contributed by atoms with Crippen molar-refractivity contribution in [2.75, 3.05) is 84.5 Å². The summed E-state index contributed by atoms with van der Waals surface area (Å²) < 4.78 is 30.1. The van der Waals surface area contributed by atoms with Crippen molar-refractivity contribution in [2.24, 2.45) is 4.99 Å². The summed E-state index contributed by atoms with van der Waals surface area (Å²) in [7, 11) is 0.